The van der Waals surface area contributed by atoms with Gasteiger partial charge in [0.15, 0.2) is 0 Å². The van der Waals surface area contributed by atoms with E-state index in [1.54, 1.807) is 6.07 Å². The Kier molecular flexibility index (Phi) is 3.24. The minimum atomic E-state index is -0.494. The minimum absolute atomic E-state index is 0.176. The van der Waals surface area contributed by atoms with Crippen molar-refractivity contribution in [3.63, 3.8) is 0 Å². The fourth-order valence-corrected chi connectivity index (χ4v) is 2.21. The number of nitrogens with two attached hydrogens (primary N) is 1. The highest BCUT2D eigenvalue weighted by Crippen LogP contribution is 2.33. The molecule has 2 aromatic carbocycles. The zero-order valence-corrected chi connectivity index (χ0v) is 10.6. The summed E-state index contributed by atoms with van der Waals surface area (Å²) >= 11 is 0. The summed E-state index contributed by atoms with van der Waals surface area (Å²) in [5.41, 5.74) is 6.47. The molecule has 94 valence electrons. The van der Waals surface area contributed by atoms with Crippen LogP contribution in [-0.4, -0.2) is 11.0 Å². The maximum atomic E-state index is 11.5. The summed E-state index contributed by atoms with van der Waals surface area (Å²) in [6.07, 6.45) is 0.634. The third-order valence-electron chi connectivity index (χ3n) is 3.00. The number of primary amides is 1. The van der Waals surface area contributed by atoms with Crippen LogP contribution in [0.5, 0.6) is 5.75 Å². The van der Waals surface area contributed by atoms with Crippen molar-refractivity contribution in [1.29, 1.82) is 0 Å². The number of fused-ring (bicyclic) bond motifs is 1. The van der Waals surface area contributed by atoms with Crippen LogP contribution in [0.2, 0.25) is 0 Å². The van der Waals surface area contributed by atoms with E-state index in [2.05, 4.69) is 0 Å². The molecule has 0 aliphatic rings. The molecule has 0 radical (unpaired) electrons. The summed E-state index contributed by atoms with van der Waals surface area (Å²) in [6.45, 7) is 4.08. The topological polar surface area (TPSA) is 63.3 Å². The van der Waals surface area contributed by atoms with Crippen LogP contribution in [0.15, 0.2) is 30.3 Å². The Morgan fingerprint density at radius 3 is 2.61 bits per heavy atom. The predicted octanol–water partition coefficient (Wildman–Crippen LogP) is 2.84. The number of phenolic OH excluding ortho intramolecular Hbond substituents is 1. The van der Waals surface area contributed by atoms with Crippen molar-refractivity contribution >= 4 is 16.7 Å². The van der Waals surface area contributed by atoms with Gasteiger partial charge in [0, 0.05) is 16.5 Å². The lowest BCUT2D eigenvalue weighted by Crippen LogP contribution is -2.15. The van der Waals surface area contributed by atoms with Crippen molar-refractivity contribution in [3.8, 4) is 5.75 Å². The lowest BCUT2D eigenvalue weighted by molar-refractivity contribution is 0.0999. The standard InChI is InChI=1S/C15H17NO2/c1-9(2)7-12-13(15(16)18)8-10-5-3-4-6-11(10)14(12)17/h3-6,8-9,17H,7H2,1-2H3,(H2,16,18). The summed E-state index contributed by atoms with van der Waals surface area (Å²) in [6, 6.07) is 9.20. The molecule has 0 atom stereocenters. The van der Waals surface area contributed by atoms with Gasteiger partial charge in [-0.1, -0.05) is 38.1 Å². The van der Waals surface area contributed by atoms with Crippen molar-refractivity contribution in [1.82, 2.24) is 0 Å². The Bertz CT molecular complexity index is 603. The van der Waals surface area contributed by atoms with Crippen molar-refractivity contribution in [2.24, 2.45) is 11.7 Å². The van der Waals surface area contributed by atoms with Crippen molar-refractivity contribution in [2.75, 3.05) is 0 Å². The number of hydrogen-bond donors (Lipinski definition) is 2. The summed E-state index contributed by atoms with van der Waals surface area (Å²) < 4.78 is 0. The van der Waals surface area contributed by atoms with E-state index in [4.69, 9.17) is 5.73 Å². The third-order valence-corrected chi connectivity index (χ3v) is 3.00. The van der Waals surface area contributed by atoms with Crippen molar-refractivity contribution in [2.45, 2.75) is 20.3 Å². The van der Waals surface area contributed by atoms with Gasteiger partial charge in [0.2, 0.25) is 5.91 Å². The number of carbonyl (C=O) groups excluding carboxylic acids is 1. The van der Waals surface area contributed by atoms with E-state index in [9.17, 15) is 9.90 Å². The van der Waals surface area contributed by atoms with E-state index in [0.29, 0.717) is 23.5 Å². The van der Waals surface area contributed by atoms with E-state index < -0.39 is 5.91 Å². The highest BCUT2D eigenvalue weighted by molar-refractivity contribution is 6.02. The van der Waals surface area contributed by atoms with Gasteiger partial charge in [-0.2, -0.15) is 0 Å². The monoisotopic (exact) mass is 243 g/mol. The van der Waals surface area contributed by atoms with Gasteiger partial charge < -0.3 is 10.8 Å². The first-order chi connectivity index (χ1) is 8.50. The zero-order valence-electron chi connectivity index (χ0n) is 10.6. The molecule has 0 aliphatic carbocycles. The molecule has 3 heteroatoms. The first kappa shape index (κ1) is 12.4. The zero-order chi connectivity index (χ0) is 13.3. The van der Waals surface area contributed by atoms with Crippen molar-refractivity contribution in [3.05, 3.63) is 41.5 Å². The lowest BCUT2D eigenvalue weighted by atomic mass is 9.93. The largest absolute Gasteiger partial charge is 0.507 e. The van der Waals surface area contributed by atoms with E-state index in [-0.39, 0.29) is 5.75 Å². The van der Waals surface area contributed by atoms with Crippen LogP contribution in [0.1, 0.15) is 29.8 Å². The Morgan fingerprint density at radius 1 is 1.33 bits per heavy atom. The lowest BCUT2D eigenvalue weighted by Gasteiger charge is -2.14. The first-order valence-electron chi connectivity index (χ1n) is 6.04. The van der Waals surface area contributed by atoms with Crippen LogP contribution in [0.4, 0.5) is 0 Å². The molecule has 0 saturated carbocycles. The van der Waals surface area contributed by atoms with Crippen LogP contribution < -0.4 is 5.73 Å². The number of amides is 1. The average Bonchev–Trinajstić information content (AvgIpc) is 2.32. The molecule has 0 unspecified atom stereocenters. The van der Waals surface area contributed by atoms with Crippen LogP contribution in [-0.2, 0) is 6.42 Å². The SMILES string of the molecule is CC(C)Cc1c(C(N)=O)cc2ccccc2c1O. The molecule has 0 aromatic heterocycles. The fourth-order valence-electron chi connectivity index (χ4n) is 2.21. The Morgan fingerprint density at radius 2 is 2.00 bits per heavy atom. The van der Waals surface area contributed by atoms with E-state index in [1.165, 1.54) is 0 Å². The van der Waals surface area contributed by atoms with Gasteiger partial charge in [-0.25, -0.2) is 0 Å². The second-order valence-corrected chi connectivity index (χ2v) is 4.93. The maximum Gasteiger partial charge on any atom is 0.249 e. The Hall–Kier alpha value is -2.03. The molecular weight excluding hydrogens is 226 g/mol. The molecule has 0 fully saturated rings. The average molecular weight is 243 g/mol. The van der Waals surface area contributed by atoms with Crippen LogP contribution in [0, 0.1) is 5.92 Å². The van der Waals surface area contributed by atoms with Gasteiger partial charge in [0.05, 0.1) is 0 Å². The molecule has 2 aromatic rings. The number of hydrogen-bond acceptors (Lipinski definition) is 2. The number of benzene rings is 2. The molecule has 1 amide bonds. The van der Waals surface area contributed by atoms with E-state index in [0.717, 1.165) is 10.8 Å². The molecule has 0 saturated heterocycles. The van der Waals surface area contributed by atoms with E-state index >= 15 is 0 Å². The number of phenols is 1. The maximum absolute atomic E-state index is 11.5. The third kappa shape index (κ3) is 2.16. The normalized spacial score (nSPS) is 11.1. The summed E-state index contributed by atoms with van der Waals surface area (Å²) in [5.74, 6) is 0.0254. The van der Waals surface area contributed by atoms with Crippen LogP contribution in [0.25, 0.3) is 10.8 Å². The van der Waals surface area contributed by atoms with Gasteiger partial charge >= 0.3 is 0 Å². The highest BCUT2D eigenvalue weighted by atomic mass is 16.3. The molecular formula is C15H17NO2. The Labute approximate surface area is 106 Å². The highest BCUT2D eigenvalue weighted by Gasteiger charge is 2.16. The van der Waals surface area contributed by atoms with Gasteiger partial charge in [-0.15, -0.1) is 0 Å². The quantitative estimate of drug-likeness (QED) is 0.870. The number of aromatic hydroxyl groups is 1. The van der Waals surface area contributed by atoms with E-state index in [1.807, 2.05) is 38.1 Å². The smallest absolute Gasteiger partial charge is 0.249 e. The number of rotatable bonds is 3. The summed E-state index contributed by atoms with van der Waals surface area (Å²) in [4.78, 5) is 11.5. The predicted molar refractivity (Wildman–Crippen MR) is 72.7 cm³/mol. The molecule has 3 N–H and O–H groups in total. The Balaban J connectivity index is 2.75. The summed E-state index contributed by atoms with van der Waals surface area (Å²) in [7, 11) is 0. The molecule has 2 rings (SSSR count). The first-order valence-corrected chi connectivity index (χ1v) is 6.04. The van der Waals surface area contributed by atoms with Crippen molar-refractivity contribution < 1.29 is 9.90 Å². The summed E-state index contributed by atoms with van der Waals surface area (Å²) in [5, 5.41) is 11.9. The molecule has 0 heterocycles. The molecule has 0 aliphatic heterocycles. The van der Waals surface area contributed by atoms with Crippen LogP contribution in [0.3, 0.4) is 0 Å². The fraction of sp³-hybridized carbons (Fsp3) is 0.267. The molecule has 0 bridgehead atoms. The molecule has 3 nitrogen and oxygen atoms in total. The van der Waals surface area contributed by atoms with Gasteiger partial charge in [0.1, 0.15) is 5.75 Å². The van der Waals surface area contributed by atoms with Crippen LogP contribution >= 0.6 is 0 Å². The second-order valence-electron chi connectivity index (χ2n) is 4.93. The second kappa shape index (κ2) is 4.69. The molecule has 18 heavy (non-hydrogen) atoms. The molecule has 0 spiro atoms. The number of carbonyl (C=O) groups is 1. The van der Waals surface area contributed by atoms with Gasteiger partial charge in [-0.3, -0.25) is 4.79 Å². The minimum Gasteiger partial charge on any atom is -0.507 e. The van der Waals surface area contributed by atoms with Gasteiger partial charge in [-0.05, 0) is 23.8 Å². The van der Waals surface area contributed by atoms with Gasteiger partial charge in [0.25, 0.3) is 0 Å².